The normalized spacial score (nSPS) is 10.0. The number of hydrogen-bond donors (Lipinski definition) is 3. The maximum atomic E-state index is 11.4. The Hall–Kier alpha value is -2.26. The van der Waals surface area contributed by atoms with Crippen LogP contribution in [0.25, 0.3) is 0 Å². The van der Waals surface area contributed by atoms with Gasteiger partial charge in [0.15, 0.2) is 5.11 Å². The summed E-state index contributed by atoms with van der Waals surface area (Å²) in [4.78, 5) is 11.4. The lowest BCUT2D eigenvalue weighted by Crippen LogP contribution is -2.32. The van der Waals surface area contributed by atoms with Gasteiger partial charge in [-0.1, -0.05) is 24.0 Å². The second-order valence-electron chi connectivity index (χ2n) is 5.19. The van der Waals surface area contributed by atoms with Crippen LogP contribution >= 0.6 is 12.2 Å². The van der Waals surface area contributed by atoms with Gasteiger partial charge in [-0.15, -0.1) is 0 Å². The third-order valence-electron chi connectivity index (χ3n) is 2.13. The number of anilines is 1. The van der Waals surface area contributed by atoms with Gasteiger partial charge in [-0.05, 0) is 45.1 Å². The molecule has 0 spiro atoms. The number of benzene rings is 1. The molecule has 5 nitrogen and oxygen atoms in total. The van der Waals surface area contributed by atoms with E-state index in [2.05, 4.69) is 22.5 Å². The van der Waals surface area contributed by atoms with Crippen molar-refractivity contribution in [1.29, 1.82) is 0 Å². The number of para-hydroxylation sites is 1. The molecule has 112 valence electrons. The molecular formula is C15H19N3O2S. The molecule has 1 amide bonds. The van der Waals surface area contributed by atoms with Crippen molar-refractivity contribution in [3.8, 4) is 11.8 Å². The third-order valence-corrected chi connectivity index (χ3v) is 2.23. The summed E-state index contributed by atoms with van der Waals surface area (Å²) >= 11 is 4.80. The van der Waals surface area contributed by atoms with Crippen LogP contribution < -0.4 is 16.4 Å². The first kappa shape index (κ1) is 16.8. The molecular weight excluding hydrogens is 286 g/mol. The highest BCUT2D eigenvalue weighted by Gasteiger charge is 2.14. The van der Waals surface area contributed by atoms with Gasteiger partial charge in [0.1, 0.15) is 5.60 Å². The smallest absolute Gasteiger partial charge is 0.408 e. The molecule has 0 radical (unpaired) electrons. The van der Waals surface area contributed by atoms with Gasteiger partial charge in [0.05, 0.1) is 12.2 Å². The van der Waals surface area contributed by atoms with Crippen LogP contribution in [0.5, 0.6) is 0 Å². The molecule has 1 rings (SSSR count). The van der Waals surface area contributed by atoms with Crippen LogP contribution in [-0.2, 0) is 4.74 Å². The van der Waals surface area contributed by atoms with Gasteiger partial charge in [0, 0.05) is 5.56 Å². The van der Waals surface area contributed by atoms with Crippen molar-refractivity contribution in [3.05, 3.63) is 29.8 Å². The zero-order valence-electron chi connectivity index (χ0n) is 12.3. The highest BCUT2D eigenvalue weighted by molar-refractivity contribution is 7.80. The summed E-state index contributed by atoms with van der Waals surface area (Å²) in [6, 6.07) is 7.37. The van der Waals surface area contributed by atoms with E-state index in [0.29, 0.717) is 0 Å². The van der Waals surface area contributed by atoms with Gasteiger partial charge < -0.3 is 21.1 Å². The minimum Gasteiger partial charge on any atom is -0.444 e. The SMILES string of the molecule is CC(C)(C)OC(=O)NCC#Cc1ccccc1NC(N)=S. The first-order valence-electron chi connectivity index (χ1n) is 6.39. The molecule has 21 heavy (non-hydrogen) atoms. The monoisotopic (exact) mass is 305 g/mol. The number of alkyl carbamates (subject to hydrolysis) is 1. The fourth-order valence-electron chi connectivity index (χ4n) is 1.40. The molecule has 0 bridgehead atoms. The largest absolute Gasteiger partial charge is 0.444 e. The van der Waals surface area contributed by atoms with Crippen molar-refractivity contribution in [3.63, 3.8) is 0 Å². The average Bonchev–Trinajstić information content (AvgIpc) is 2.33. The number of thiocarbonyl (C=S) groups is 1. The van der Waals surface area contributed by atoms with E-state index in [0.717, 1.165) is 11.3 Å². The van der Waals surface area contributed by atoms with Gasteiger partial charge in [0.2, 0.25) is 0 Å². The molecule has 0 heterocycles. The van der Waals surface area contributed by atoms with E-state index < -0.39 is 11.7 Å². The zero-order valence-corrected chi connectivity index (χ0v) is 13.1. The van der Waals surface area contributed by atoms with E-state index in [4.69, 9.17) is 22.7 Å². The van der Waals surface area contributed by atoms with Crippen LogP contribution in [0.3, 0.4) is 0 Å². The first-order chi connectivity index (χ1) is 9.78. The molecule has 0 aliphatic heterocycles. The van der Waals surface area contributed by atoms with E-state index in [1.54, 1.807) is 20.8 Å². The summed E-state index contributed by atoms with van der Waals surface area (Å²) in [5.74, 6) is 5.78. The maximum absolute atomic E-state index is 11.4. The van der Waals surface area contributed by atoms with Gasteiger partial charge in [-0.25, -0.2) is 4.79 Å². The lowest BCUT2D eigenvalue weighted by atomic mass is 10.2. The summed E-state index contributed by atoms with van der Waals surface area (Å²) < 4.78 is 5.10. The Kier molecular flexibility index (Phi) is 6.00. The standard InChI is InChI=1S/C15H19N3O2S/c1-15(2,3)20-14(19)17-10-6-8-11-7-4-5-9-12(11)18-13(16)21/h4-5,7,9H,10H2,1-3H3,(H,17,19)(H3,16,18,21). The lowest BCUT2D eigenvalue weighted by molar-refractivity contribution is 0.0535. The molecule has 0 unspecified atom stereocenters. The van der Waals surface area contributed by atoms with Crippen LogP contribution in [0.2, 0.25) is 0 Å². The van der Waals surface area contributed by atoms with E-state index in [9.17, 15) is 4.79 Å². The average molecular weight is 305 g/mol. The van der Waals surface area contributed by atoms with Gasteiger partial charge in [-0.3, -0.25) is 0 Å². The second kappa shape index (κ2) is 7.50. The topological polar surface area (TPSA) is 76.4 Å². The quantitative estimate of drug-likeness (QED) is 0.577. The lowest BCUT2D eigenvalue weighted by Gasteiger charge is -2.19. The Morgan fingerprint density at radius 1 is 1.38 bits per heavy atom. The Labute approximate surface area is 130 Å². The second-order valence-corrected chi connectivity index (χ2v) is 5.63. The van der Waals surface area contributed by atoms with Gasteiger partial charge in [0.25, 0.3) is 0 Å². The minimum atomic E-state index is -0.523. The molecule has 6 heteroatoms. The third kappa shape index (κ3) is 7.18. The highest BCUT2D eigenvalue weighted by atomic mass is 32.1. The van der Waals surface area contributed by atoms with Gasteiger partial charge >= 0.3 is 6.09 Å². The predicted molar refractivity (Wildman–Crippen MR) is 88.0 cm³/mol. The van der Waals surface area contributed by atoms with Crippen LogP contribution in [0, 0.1) is 11.8 Å². The zero-order chi connectivity index (χ0) is 15.9. The molecule has 0 saturated carbocycles. The summed E-state index contributed by atoms with van der Waals surface area (Å²) in [6.45, 7) is 5.60. The van der Waals surface area contributed by atoms with Crippen molar-refractivity contribution in [2.45, 2.75) is 26.4 Å². The van der Waals surface area contributed by atoms with Gasteiger partial charge in [-0.2, -0.15) is 0 Å². The number of ether oxygens (including phenoxy) is 1. The van der Waals surface area contributed by atoms with E-state index in [-0.39, 0.29) is 11.7 Å². The van der Waals surface area contributed by atoms with Crippen LogP contribution in [0.1, 0.15) is 26.3 Å². The van der Waals surface area contributed by atoms with Crippen LogP contribution in [0.4, 0.5) is 10.5 Å². The van der Waals surface area contributed by atoms with Crippen molar-refractivity contribution in [1.82, 2.24) is 5.32 Å². The predicted octanol–water partition coefficient (Wildman–Crippen LogP) is 2.22. The molecule has 0 saturated heterocycles. The summed E-state index contributed by atoms with van der Waals surface area (Å²) in [7, 11) is 0. The molecule has 0 aromatic heterocycles. The molecule has 0 aliphatic rings. The summed E-state index contributed by atoms with van der Waals surface area (Å²) in [5, 5.41) is 5.59. The number of carbonyl (C=O) groups excluding carboxylic acids is 1. The molecule has 4 N–H and O–H groups in total. The summed E-state index contributed by atoms with van der Waals surface area (Å²) in [6.07, 6.45) is -0.494. The Balaban J connectivity index is 2.59. The number of nitrogens with one attached hydrogen (secondary N) is 2. The van der Waals surface area contributed by atoms with E-state index in [1.807, 2.05) is 24.3 Å². The van der Waals surface area contributed by atoms with E-state index >= 15 is 0 Å². The molecule has 1 aromatic rings. The Bertz CT molecular complexity index is 583. The highest BCUT2D eigenvalue weighted by Crippen LogP contribution is 2.13. The van der Waals surface area contributed by atoms with Crippen molar-refractivity contribution in [2.24, 2.45) is 5.73 Å². The fourth-order valence-corrected chi connectivity index (χ4v) is 1.51. The van der Waals surface area contributed by atoms with Crippen LogP contribution in [-0.4, -0.2) is 23.4 Å². The Morgan fingerprint density at radius 2 is 2.05 bits per heavy atom. The minimum absolute atomic E-state index is 0.177. The van der Waals surface area contributed by atoms with Crippen LogP contribution in [0.15, 0.2) is 24.3 Å². The van der Waals surface area contributed by atoms with E-state index in [1.165, 1.54) is 0 Å². The Morgan fingerprint density at radius 3 is 2.67 bits per heavy atom. The molecule has 0 atom stereocenters. The number of nitrogens with two attached hydrogens (primary N) is 1. The maximum Gasteiger partial charge on any atom is 0.408 e. The molecule has 0 fully saturated rings. The number of hydrogen-bond acceptors (Lipinski definition) is 3. The number of carbonyl (C=O) groups is 1. The first-order valence-corrected chi connectivity index (χ1v) is 6.80. The number of rotatable bonds is 2. The van der Waals surface area contributed by atoms with Crippen molar-refractivity contribution >= 4 is 29.1 Å². The fraction of sp³-hybridized carbons (Fsp3) is 0.333. The summed E-state index contributed by atoms with van der Waals surface area (Å²) in [5.41, 5.74) is 6.40. The van der Waals surface area contributed by atoms with Crippen molar-refractivity contribution < 1.29 is 9.53 Å². The molecule has 0 aliphatic carbocycles. The number of amides is 1. The molecule has 1 aromatic carbocycles. The van der Waals surface area contributed by atoms with Crippen molar-refractivity contribution in [2.75, 3.05) is 11.9 Å².